The van der Waals surface area contributed by atoms with Crippen molar-refractivity contribution >= 4 is 35.0 Å². The summed E-state index contributed by atoms with van der Waals surface area (Å²) in [4.78, 5) is 12.3. The van der Waals surface area contributed by atoms with E-state index in [1.54, 1.807) is 48.2 Å². The SMILES string of the molecule is CC(Sc1nnnn1Cc1ccco1)C(=O)Nc1cccc(Cl)c1. The lowest BCUT2D eigenvalue weighted by Crippen LogP contribution is -2.23. The maximum absolute atomic E-state index is 12.3. The Bertz CT molecular complexity index is 821. The summed E-state index contributed by atoms with van der Waals surface area (Å²) in [6.45, 7) is 2.20. The van der Waals surface area contributed by atoms with Crippen molar-refractivity contribution < 1.29 is 9.21 Å². The first kappa shape index (κ1) is 16.5. The number of thioether (sulfide) groups is 1. The van der Waals surface area contributed by atoms with E-state index >= 15 is 0 Å². The topological polar surface area (TPSA) is 85.8 Å². The van der Waals surface area contributed by atoms with Crippen LogP contribution in [0, 0.1) is 0 Å². The number of aromatic nitrogens is 4. The summed E-state index contributed by atoms with van der Waals surface area (Å²) in [5.41, 5.74) is 0.648. The number of tetrazole rings is 1. The fourth-order valence-corrected chi connectivity index (χ4v) is 2.93. The van der Waals surface area contributed by atoms with Crippen molar-refractivity contribution in [1.82, 2.24) is 20.2 Å². The number of nitrogens with zero attached hydrogens (tertiary/aromatic N) is 4. The van der Waals surface area contributed by atoms with E-state index in [9.17, 15) is 4.79 Å². The van der Waals surface area contributed by atoms with Gasteiger partial charge in [0, 0.05) is 10.7 Å². The minimum absolute atomic E-state index is 0.158. The van der Waals surface area contributed by atoms with Gasteiger partial charge in [-0.15, -0.1) is 5.10 Å². The number of halogens is 1. The van der Waals surface area contributed by atoms with Gasteiger partial charge in [0.05, 0.1) is 11.5 Å². The molecule has 0 aliphatic rings. The number of nitrogens with one attached hydrogen (secondary N) is 1. The molecule has 3 aromatic rings. The summed E-state index contributed by atoms with van der Waals surface area (Å²) in [5, 5.41) is 15.1. The monoisotopic (exact) mass is 363 g/mol. The molecule has 0 saturated carbocycles. The molecule has 1 amide bonds. The van der Waals surface area contributed by atoms with E-state index in [1.165, 1.54) is 11.8 Å². The van der Waals surface area contributed by atoms with Gasteiger partial charge in [-0.2, -0.15) is 0 Å². The van der Waals surface area contributed by atoms with Gasteiger partial charge in [0.15, 0.2) is 0 Å². The van der Waals surface area contributed by atoms with Gasteiger partial charge in [0.25, 0.3) is 0 Å². The first-order chi connectivity index (χ1) is 11.6. The van der Waals surface area contributed by atoms with Crippen LogP contribution in [0.5, 0.6) is 0 Å². The van der Waals surface area contributed by atoms with E-state index in [0.29, 0.717) is 22.4 Å². The molecule has 2 heterocycles. The standard InChI is InChI=1S/C15H14ClN5O2S/c1-10(14(22)17-12-5-2-4-11(16)8-12)24-15-18-19-20-21(15)9-13-6-3-7-23-13/h2-8,10H,9H2,1H3,(H,17,22). The molecule has 0 spiro atoms. The Balaban J connectivity index is 1.63. The predicted molar refractivity (Wildman–Crippen MR) is 91.0 cm³/mol. The smallest absolute Gasteiger partial charge is 0.237 e. The molecule has 3 rings (SSSR count). The van der Waals surface area contributed by atoms with Gasteiger partial charge >= 0.3 is 0 Å². The van der Waals surface area contributed by atoms with E-state index in [1.807, 2.05) is 6.07 Å². The molecule has 2 aromatic heterocycles. The lowest BCUT2D eigenvalue weighted by atomic mass is 10.3. The molecule has 1 atom stereocenters. The number of hydrogen-bond donors (Lipinski definition) is 1. The highest BCUT2D eigenvalue weighted by Gasteiger charge is 2.19. The van der Waals surface area contributed by atoms with Crippen LogP contribution in [0.15, 0.2) is 52.2 Å². The van der Waals surface area contributed by atoms with Gasteiger partial charge in [-0.1, -0.05) is 29.4 Å². The number of carbonyl (C=O) groups excluding carboxylic acids is 1. The summed E-state index contributed by atoms with van der Waals surface area (Å²) in [6, 6.07) is 10.6. The number of hydrogen-bond acceptors (Lipinski definition) is 6. The molecule has 0 saturated heterocycles. The average molecular weight is 364 g/mol. The molecule has 0 fully saturated rings. The fourth-order valence-electron chi connectivity index (χ4n) is 1.95. The van der Waals surface area contributed by atoms with Gasteiger partial charge < -0.3 is 9.73 Å². The molecule has 1 unspecified atom stereocenters. The van der Waals surface area contributed by atoms with Crippen molar-refractivity contribution in [1.29, 1.82) is 0 Å². The minimum Gasteiger partial charge on any atom is -0.467 e. The highest BCUT2D eigenvalue weighted by Crippen LogP contribution is 2.23. The Labute approximate surface area is 147 Å². The Morgan fingerprint density at radius 3 is 3.04 bits per heavy atom. The molecule has 124 valence electrons. The number of rotatable bonds is 6. The number of anilines is 1. The number of carbonyl (C=O) groups is 1. The maximum Gasteiger partial charge on any atom is 0.237 e. The third kappa shape index (κ3) is 4.15. The summed E-state index contributed by atoms with van der Waals surface area (Å²) < 4.78 is 6.88. The second-order valence-corrected chi connectivity index (χ2v) is 6.70. The number of amides is 1. The van der Waals surface area contributed by atoms with Crippen LogP contribution < -0.4 is 5.32 Å². The van der Waals surface area contributed by atoms with Crippen molar-refractivity contribution in [2.24, 2.45) is 0 Å². The summed E-state index contributed by atoms with van der Waals surface area (Å²) >= 11 is 7.19. The van der Waals surface area contributed by atoms with Gasteiger partial charge in [-0.25, -0.2) is 4.68 Å². The third-order valence-corrected chi connectivity index (χ3v) is 4.43. The van der Waals surface area contributed by atoms with E-state index < -0.39 is 0 Å². The van der Waals surface area contributed by atoms with Crippen LogP contribution in [0.1, 0.15) is 12.7 Å². The van der Waals surface area contributed by atoms with Crippen molar-refractivity contribution in [3.63, 3.8) is 0 Å². The summed E-state index contributed by atoms with van der Waals surface area (Å²) in [7, 11) is 0. The van der Waals surface area contributed by atoms with Crippen LogP contribution in [-0.4, -0.2) is 31.4 Å². The lowest BCUT2D eigenvalue weighted by molar-refractivity contribution is -0.115. The second kappa shape index (κ2) is 7.50. The van der Waals surface area contributed by atoms with E-state index in [4.69, 9.17) is 16.0 Å². The van der Waals surface area contributed by atoms with Crippen LogP contribution >= 0.6 is 23.4 Å². The minimum atomic E-state index is -0.384. The zero-order chi connectivity index (χ0) is 16.9. The van der Waals surface area contributed by atoms with Crippen LogP contribution in [0.25, 0.3) is 0 Å². The van der Waals surface area contributed by atoms with Crippen molar-refractivity contribution in [2.75, 3.05) is 5.32 Å². The highest BCUT2D eigenvalue weighted by molar-refractivity contribution is 8.00. The Kier molecular flexibility index (Phi) is 5.17. The number of furan rings is 1. The maximum atomic E-state index is 12.3. The van der Waals surface area contributed by atoms with Gasteiger partial charge in [-0.05, 0) is 47.7 Å². The van der Waals surface area contributed by atoms with E-state index in [0.717, 1.165) is 5.76 Å². The lowest BCUT2D eigenvalue weighted by Gasteiger charge is -2.11. The zero-order valence-corrected chi connectivity index (χ0v) is 14.3. The van der Waals surface area contributed by atoms with Crippen molar-refractivity contribution in [3.05, 3.63) is 53.4 Å². The molecule has 0 radical (unpaired) electrons. The van der Waals surface area contributed by atoms with Crippen molar-refractivity contribution in [3.8, 4) is 0 Å². The summed E-state index contributed by atoms with van der Waals surface area (Å²) in [6.07, 6.45) is 1.59. The molecular formula is C15H14ClN5O2S. The summed E-state index contributed by atoms with van der Waals surface area (Å²) in [5.74, 6) is 0.579. The predicted octanol–water partition coefficient (Wildman–Crippen LogP) is 3.09. The third-order valence-electron chi connectivity index (χ3n) is 3.13. The molecule has 0 aliphatic carbocycles. The van der Waals surface area contributed by atoms with Gasteiger partial charge in [0.2, 0.25) is 11.1 Å². The molecule has 1 aromatic carbocycles. The molecule has 0 bridgehead atoms. The first-order valence-electron chi connectivity index (χ1n) is 7.13. The number of benzene rings is 1. The van der Waals surface area contributed by atoms with Crippen molar-refractivity contribution in [2.45, 2.75) is 23.9 Å². The van der Waals surface area contributed by atoms with E-state index in [2.05, 4.69) is 20.8 Å². The largest absolute Gasteiger partial charge is 0.467 e. The van der Waals surface area contributed by atoms with Crippen LogP contribution in [-0.2, 0) is 11.3 Å². The Morgan fingerprint density at radius 2 is 2.29 bits per heavy atom. The fraction of sp³-hybridized carbons (Fsp3) is 0.200. The average Bonchev–Trinajstić information content (AvgIpc) is 3.20. The molecular weight excluding hydrogens is 350 g/mol. The Hall–Kier alpha value is -2.32. The zero-order valence-electron chi connectivity index (χ0n) is 12.7. The normalized spacial score (nSPS) is 12.1. The van der Waals surface area contributed by atoms with Gasteiger partial charge in [0.1, 0.15) is 12.3 Å². The van der Waals surface area contributed by atoms with Crippen LogP contribution in [0.3, 0.4) is 0 Å². The Morgan fingerprint density at radius 1 is 1.42 bits per heavy atom. The quantitative estimate of drug-likeness (QED) is 0.677. The van der Waals surface area contributed by atoms with Crippen LogP contribution in [0.4, 0.5) is 5.69 Å². The highest BCUT2D eigenvalue weighted by atomic mass is 35.5. The molecule has 9 heteroatoms. The van der Waals surface area contributed by atoms with Crippen LogP contribution in [0.2, 0.25) is 5.02 Å². The molecule has 0 aliphatic heterocycles. The first-order valence-corrected chi connectivity index (χ1v) is 8.39. The molecule has 1 N–H and O–H groups in total. The molecule has 24 heavy (non-hydrogen) atoms. The van der Waals surface area contributed by atoms with E-state index in [-0.39, 0.29) is 11.2 Å². The second-order valence-electron chi connectivity index (χ2n) is 4.96. The van der Waals surface area contributed by atoms with Gasteiger partial charge in [-0.3, -0.25) is 4.79 Å². The molecule has 7 nitrogen and oxygen atoms in total.